The molecule has 70 valence electrons. The van der Waals surface area contributed by atoms with E-state index in [2.05, 4.69) is 5.92 Å². The van der Waals surface area contributed by atoms with Gasteiger partial charge in [-0.15, -0.1) is 6.42 Å². The van der Waals surface area contributed by atoms with Gasteiger partial charge in [0.15, 0.2) is 5.78 Å². The molecule has 0 saturated heterocycles. The Kier molecular flexibility index (Phi) is 4.16. The maximum absolute atomic E-state index is 10.9. The third kappa shape index (κ3) is 5.89. The summed E-state index contributed by atoms with van der Waals surface area (Å²) in [7, 11) is 0. The predicted octanol–water partition coefficient (Wildman–Crippen LogP) is 1.43. The molecule has 13 heavy (non-hydrogen) atoms. The van der Waals surface area contributed by atoms with E-state index in [9.17, 15) is 4.79 Å². The van der Waals surface area contributed by atoms with Gasteiger partial charge in [0.25, 0.3) is 0 Å². The van der Waals surface area contributed by atoms with Crippen molar-refractivity contribution >= 4 is 5.78 Å². The Hall–Kier alpha value is -1.33. The summed E-state index contributed by atoms with van der Waals surface area (Å²) in [6, 6.07) is 0. The first-order valence-corrected chi connectivity index (χ1v) is 4.03. The molecule has 0 aromatic carbocycles. The number of hydrogen-bond acceptors (Lipinski definition) is 2. The standard InChI is InChI=1S/C11H15NO/c1-5-10(9(2)13)7-6-8-11(3,4)12/h1,6-8H,12H2,2-4H3/b8-6-,10-7+. The maximum atomic E-state index is 10.9. The lowest BCUT2D eigenvalue weighted by atomic mass is 10.1. The number of carbonyl (C=O) groups is 1. The first-order chi connectivity index (χ1) is 5.87. The molecule has 0 aliphatic rings. The molecule has 0 spiro atoms. The van der Waals surface area contributed by atoms with E-state index in [0.717, 1.165) is 0 Å². The van der Waals surface area contributed by atoms with Gasteiger partial charge in [-0.3, -0.25) is 4.79 Å². The van der Waals surface area contributed by atoms with Crippen molar-refractivity contribution in [1.82, 2.24) is 0 Å². The minimum atomic E-state index is -0.382. The fourth-order valence-corrected chi connectivity index (χ4v) is 0.659. The smallest absolute Gasteiger partial charge is 0.168 e. The quantitative estimate of drug-likeness (QED) is 0.402. The zero-order valence-electron chi connectivity index (χ0n) is 8.29. The number of allylic oxidation sites excluding steroid dienone is 3. The largest absolute Gasteiger partial charge is 0.322 e. The molecule has 2 N–H and O–H groups in total. The van der Waals surface area contributed by atoms with Gasteiger partial charge in [-0.05, 0) is 26.8 Å². The van der Waals surface area contributed by atoms with Crippen LogP contribution in [0.2, 0.25) is 0 Å². The number of hydrogen-bond donors (Lipinski definition) is 1. The summed E-state index contributed by atoms with van der Waals surface area (Å²) in [6.07, 6.45) is 10.2. The summed E-state index contributed by atoms with van der Waals surface area (Å²) in [5, 5.41) is 0. The number of nitrogens with two attached hydrogens (primary N) is 1. The van der Waals surface area contributed by atoms with Crippen molar-refractivity contribution in [3.05, 3.63) is 23.8 Å². The zero-order valence-corrected chi connectivity index (χ0v) is 8.29. The monoisotopic (exact) mass is 177 g/mol. The fourth-order valence-electron chi connectivity index (χ4n) is 0.659. The first kappa shape index (κ1) is 11.7. The maximum Gasteiger partial charge on any atom is 0.168 e. The summed E-state index contributed by atoms with van der Waals surface area (Å²) in [5.74, 6) is 2.20. The Balaban J connectivity index is 4.52. The minimum absolute atomic E-state index is 0.109. The van der Waals surface area contributed by atoms with Gasteiger partial charge in [-0.25, -0.2) is 0 Å². The molecule has 0 aromatic rings. The molecule has 0 saturated carbocycles. The van der Waals surface area contributed by atoms with Crippen molar-refractivity contribution < 1.29 is 4.79 Å². The van der Waals surface area contributed by atoms with Crippen LogP contribution in [0.25, 0.3) is 0 Å². The number of terminal acetylenes is 1. The Morgan fingerprint density at radius 1 is 1.54 bits per heavy atom. The summed E-state index contributed by atoms with van der Waals surface area (Å²) in [5.41, 5.74) is 5.67. The van der Waals surface area contributed by atoms with Crippen molar-refractivity contribution in [3.63, 3.8) is 0 Å². The van der Waals surface area contributed by atoms with Gasteiger partial charge in [0.2, 0.25) is 0 Å². The molecule has 0 rings (SSSR count). The fraction of sp³-hybridized carbons (Fsp3) is 0.364. The third-order valence-corrected chi connectivity index (χ3v) is 1.32. The van der Waals surface area contributed by atoms with Gasteiger partial charge in [0.05, 0.1) is 5.57 Å². The molecule has 0 aliphatic heterocycles. The van der Waals surface area contributed by atoms with E-state index in [-0.39, 0.29) is 11.3 Å². The van der Waals surface area contributed by atoms with Crippen molar-refractivity contribution in [2.24, 2.45) is 5.73 Å². The van der Waals surface area contributed by atoms with Crippen LogP contribution < -0.4 is 5.73 Å². The van der Waals surface area contributed by atoms with Crippen LogP contribution in [0.3, 0.4) is 0 Å². The van der Waals surface area contributed by atoms with Crippen molar-refractivity contribution in [3.8, 4) is 12.3 Å². The average molecular weight is 177 g/mol. The molecule has 0 aromatic heterocycles. The average Bonchev–Trinajstić information content (AvgIpc) is 1.95. The van der Waals surface area contributed by atoms with Crippen LogP contribution in [0.4, 0.5) is 0 Å². The molecule has 0 heterocycles. The van der Waals surface area contributed by atoms with Crippen LogP contribution >= 0.6 is 0 Å². The van der Waals surface area contributed by atoms with Gasteiger partial charge in [-0.2, -0.15) is 0 Å². The minimum Gasteiger partial charge on any atom is -0.322 e. The molecule has 0 radical (unpaired) electrons. The first-order valence-electron chi connectivity index (χ1n) is 4.03. The molecule has 0 aliphatic carbocycles. The summed E-state index contributed by atoms with van der Waals surface area (Å²) in [4.78, 5) is 10.9. The van der Waals surface area contributed by atoms with Crippen LogP contribution in [-0.2, 0) is 4.79 Å². The number of Topliss-reactive ketones (excluding diaryl/α,β-unsaturated/α-hetero) is 1. The van der Waals surface area contributed by atoms with Gasteiger partial charge in [0, 0.05) is 5.54 Å². The highest BCUT2D eigenvalue weighted by molar-refractivity contribution is 5.97. The van der Waals surface area contributed by atoms with Gasteiger partial charge < -0.3 is 5.73 Å². The van der Waals surface area contributed by atoms with Crippen molar-refractivity contribution in [2.45, 2.75) is 26.3 Å². The number of carbonyl (C=O) groups excluding carboxylic acids is 1. The summed E-state index contributed by atoms with van der Waals surface area (Å²) >= 11 is 0. The normalized spacial score (nSPS) is 13.0. The van der Waals surface area contributed by atoms with Crippen LogP contribution in [0.15, 0.2) is 23.8 Å². The van der Waals surface area contributed by atoms with Crippen LogP contribution in [0.5, 0.6) is 0 Å². The van der Waals surface area contributed by atoms with Crippen LogP contribution in [-0.4, -0.2) is 11.3 Å². The van der Waals surface area contributed by atoms with Gasteiger partial charge in [-0.1, -0.05) is 18.1 Å². The lowest BCUT2D eigenvalue weighted by Gasteiger charge is -2.10. The Labute approximate surface area is 79.5 Å². The van der Waals surface area contributed by atoms with E-state index >= 15 is 0 Å². The Morgan fingerprint density at radius 2 is 2.08 bits per heavy atom. The molecule has 2 heteroatoms. The second-order valence-electron chi connectivity index (χ2n) is 3.46. The molecular weight excluding hydrogens is 162 g/mol. The van der Waals surface area contributed by atoms with Crippen LogP contribution in [0.1, 0.15) is 20.8 Å². The van der Waals surface area contributed by atoms with E-state index in [1.165, 1.54) is 6.92 Å². The lowest BCUT2D eigenvalue weighted by Crippen LogP contribution is -2.28. The van der Waals surface area contributed by atoms with Gasteiger partial charge in [0.1, 0.15) is 0 Å². The molecule has 2 nitrogen and oxygen atoms in total. The highest BCUT2D eigenvalue weighted by Gasteiger charge is 2.03. The SMILES string of the molecule is C#C/C(=C\C=C/C(C)(C)N)C(C)=O. The highest BCUT2D eigenvalue weighted by atomic mass is 16.1. The van der Waals surface area contributed by atoms with Gasteiger partial charge >= 0.3 is 0 Å². The highest BCUT2D eigenvalue weighted by Crippen LogP contribution is 2.00. The van der Waals surface area contributed by atoms with E-state index < -0.39 is 0 Å². The second kappa shape index (κ2) is 4.64. The topological polar surface area (TPSA) is 43.1 Å². The molecule has 0 amide bonds. The Bertz CT molecular complexity index is 284. The summed E-state index contributed by atoms with van der Waals surface area (Å²) in [6.45, 7) is 5.16. The number of rotatable bonds is 3. The van der Waals surface area contributed by atoms with E-state index in [1.807, 2.05) is 13.8 Å². The molecule has 0 atom stereocenters. The van der Waals surface area contributed by atoms with Crippen LogP contribution in [0, 0.1) is 12.3 Å². The molecule has 0 unspecified atom stereocenters. The number of ketones is 1. The Morgan fingerprint density at radius 3 is 2.38 bits per heavy atom. The molecule has 0 bridgehead atoms. The molecular formula is C11H15NO. The van der Waals surface area contributed by atoms with Crippen molar-refractivity contribution in [2.75, 3.05) is 0 Å². The van der Waals surface area contributed by atoms with E-state index in [4.69, 9.17) is 12.2 Å². The lowest BCUT2D eigenvalue weighted by molar-refractivity contribution is -0.113. The van der Waals surface area contributed by atoms with Crippen molar-refractivity contribution in [1.29, 1.82) is 0 Å². The van der Waals surface area contributed by atoms with E-state index in [1.54, 1.807) is 18.2 Å². The predicted molar refractivity (Wildman–Crippen MR) is 55.0 cm³/mol. The molecule has 0 fully saturated rings. The zero-order chi connectivity index (χ0) is 10.5. The second-order valence-corrected chi connectivity index (χ2v) is 3.46. The van der Waals surface area contributed by atoms with E-state index in [0.29, 0.717) is 5.57 Å². The summed E-state index contributed by atoms with van der Waals surface area (Å²) < 4.78 is 0. The third-order valence-electron chi connectivity index (χ3n) is 1.32.